The highest BCUT2D eigenvalue weighted by Gasteiger charge is 2.33. The van der Waals surface area contributed by atoms with Gasteiger partial charge in [-0.3, -0.25) is 9.69 Å². The van der Waals surface area contributed by atoms with E-state index in [-0.39, 0.29) is 5.78 Å². The zero-order valence-corrected chi connectivity index (χ0v) is 18.3. The van der Waals surface area contributed by atoms with Crippen molar-refractivity contribution in [1.29, 1.82) is 0 Å². The topological polar surface area (TPSA) is 48.0 Å². The van der Waals surface area contributed by atoms with Gasteiger partial charge in [0.25, 0.3) is 0 Å². The van der Waals surface area contributed by atoms with Gasteiger partial charge in [0.1, 0.15) is 24.0 Å². The number of thiophene rings is 1. The highest BCUT2D eigenvalue weighted by atomic mass is 32.1. The second-order valence-electron chi connectivity index (χ2n) is 7.65. The second kappa shape index (κ2) is 8.21. The Kier molecular flexibility index (Phi) is 5.26. The van der Waals surface area contributed by atoms with Crippen LogP contribution in [0.25, 0.3) is 6.08 Å². The van der Waals surface area contributed by atoms with Crippen molar-refractivity contribution in [3.63, 3.8) is 0 Å². The molecule has 0 atom stereocenters. The number of carbonyl (C=O) groups excluding carboxylic acids is 1. The summed E-state index contributed by atoms with van der Waals surface area (Å²) in [5.41, 5.74) is 3.40. The van der Waals surface area contributed by atoms with Crippen LogP contribution in [0.3, 0.4) is 0 Å². The fraction of sp³-hybridized carbons (Fsp3) is 0.240. The van der Waals surface area contributed by atoms with Gasteiger partial charge in [-0.15, -0.1) is 11.3 Å². The molecule has 0 bridgehead atoms. The van der Waals surface area contributed by atoms with Gasteiger partial charge in [-0.2, -0.15) is 0 Å². The quantitative estimate of drug-likeness (QED) is 0.503. The number of rotatable bonds is 5. The van der Waals surface area contributed by atoms with Crippen LogP contribution >= 0.6 is 11.3 Å². The maximum Gasteiger partial charge on any atom is 0.231 e. The van der Waals surface area contributed by atoms with Crippen molar-refractivity contribution in [2.75, 3.05) is 13.3 Å². The molecule has 0 radical (unpaired) electrons. The van der Waals surface area contributed by atoms with E-state index in [1.807, 2.05) is 44.2 Å². The molecule has 5 nitrogen and oxygen atoms in total. The normalized spacial score (nSPS) is 16.6. The minimum atomic E-state index is -0.0924. The van der Waals surface area contributed by atoms with Crippen LogP contribution in [0.2, 0.25) is 0 Å². The molecule has 2 aromatic carbocycles. The standard InChI is InChI=1S/C25H23NO4S/c1-3-28-19-8-6-17(7-9-19)11-22-23(27)21-12-18-13-26(14-20-5-4-10-31-20)15-29-24(18)16(2)25(21)30-22/h4-12H,3,13-15H2,1-2H3/b22-11-. The molecule has 2 aliphatic rings. The summed E-state index contributed by atoms with van der Waals surface area (Å²) in [4.78, 5) is 16.6. The Morgan fingerprint density at radius 2 is 2.03 bits per heavy atom. The van der Waals surface area contributed by atoms with E-state index in [9.17, 15) is 4.79 Å². The highest BCUT2D eigenvalue weighted by molar-refractivity contribution is 7.09. The average Bonchev–Trinajstić information content (AvgIpc) is 3.39. The number of ether oxygens (including phenoxy) is 3. The van der Waals surface area contributed by atoms with E-state index < -0.39 is 0 Å². The summed E-state index contributed by atoms with van der Waals surface area (Å²) in [6, 6.07) is 13.7. The third-order valence-electron chi connectivity index (χ3n) is 5.45. The molecule has 158 valence electrons. The Morgan fingerprint density at radius 1 is 1.19 bits per heavy atom. The largest absolute Gasteiger partial charge is 0.494 e. The van der Waals surface area contributed by atoms with E-state index in [1.165, 1.54) is 4.88 Å². The van der Waals surface area contributed by atoms with E-state index in [0.29, 0.717) is 30.4 Å². The molecule has 2 aliphatic heterocycles. The summed E-state index contributed by atoms with van der Waals surface area (Å²) in [5.74, 6) is 2.48. The summed E-state index contributed by atoms with van der Waals surface area (Å²) in [5, 5.41) is 2.08. The molecule has 6 heteroatoms. The Balaban J connectivity index is 1.40. The number of benzene rings is 2. The van der Waals surface area contributed by atoms with Crippen LogP contribution in [0.5, 0.6) is 17.2 Å². The molecule has 1 aromatic heterocycles. The molecular weight excluding hydrogens is 410 g/mol. The van der Waals surface area contributed by atoms with Crippen LogP contribution in [-0.2, 0) is 13.1 Å². The molecule has 0 unspecified atom stereocenters. The lowest BCUT2D eigenvalue weighted by molar-refractivity contribution is 0.0886. The SMILES string of the molecule is CCOc1ccc(/C=C2\Oc3c(cc4c(c3C)OCN(Cc3cccs3)C4)C2=O)cc1. The van der Waals surface area contributed by atoms with Crippen molar-refractivity contribution in [3.05, 3.63) is 80.7 Å². The van der Waals surface area contributed by atoms with Crippen molar-refractivity contribution in [2.24, 2.45) is 0 Å². The van der Waals surface area contributed by atoms with Crippen molar-refractivity contribution >= 4 is 23.2 Å². The molecule has 0 fully saturated rings. The minimum absolute atomic E-state index is 0.0924. The van der Waals surface area contributed by atoms with E-state index in [2.05, 4.69) is 22.4 Å². The molecule has 0 spiro atoms. The first-order chi connectivity index (χ1) is 15.1. The predicted molar refractivity (Wildman–Crippen MR) is 121 cm³/mol. The van der Waals surface area contributed by atoms with Gasteiger partial charge in [-0.05, 0) is 55.1 Å². The molecule has 0 amide bonds. The highest BCUT2D eigenvalue weighted by Crippen LogP contribution is 2.43. The first-order valence-electron chi connectivity index (χ1n) is 10.3. The van der Waals surface area contributed by atoms with Gasteiger partial charge >= 0.3 is 0 Å². The molecule has 5 rings (SSSR count). The number of fused-ring (bicyclic) bond motifs is 2. The fourth-order valence-corrected chi connectivity index (χ4v) is 4.75. The lowest BCUT2D eigenvalue weighted by Gasteiger charge is -2.30. The monoisotopic (exact) mass is 433 g/mol. The number of carbonyl (C=O) groups is 1. The van der Waals surface area contributed by atoms with Gasteiger partial charge in [0, 0.05) is 29.1 Å². The molecule has 0 aliphatic carbocycles. The number of hydrogen-bond acceptors (Lipinski definition) is 6. The van der Waals surface area contributed by atoms with Gasteiger partial charge in [-0.1, -0.05) is 18.2 Å². The lowest BCUT2D eigenvalue weighted by atomic mass is 10.00. The fourth-order valence-electron chi connectivity index (χ4n) is 4.00. The summed E-state index contributed by atoms with van der Waals surface area (Å²) in [7, 11) is 0. The van der Waals surface area contributed by atoms with Crippen molar-refractivity contribution in [1.82, 2.24) is 4.90 Å². The van der Waals surface area contributed by atoms with E-state index in [0.717, 1.165) is 41.3 Å². The first-order valence-corrected chi connectivity index (χ1v) is 11.2. The molecular formula is C25H23NO4S. The maximum atomic E-state index is 13.1. The van der Waals surface area contributed by atoms with Crippen LogP contribution < -0.4 is 14.2 Å². The van der Waals surface area contributed by atoms with Gasteiger partial charge in [-0.25, -0.2) is 0 Å². The molecule has 0 saturated carbocycles. The summed E-state index contributed by atoms with van der Waals surface area (Å²) >= 11 is 1.74. The molecule has 31 heavy (non-hydrogen) atoms. The van der Waals surface area contributed by atoms with E-state index >= 15 is 0 Å². The van der Waals surface area contributed by atoms with Crippen molar-refractivity contribution < 1.29 is 19.0 Å². The van der Waals surface area contributed by atoms with Crippen molar-refractivity contribution in [3.8, 4) is 17.2 Å². The van der Waals surface area contributed by atoms with Gasteiger partial charge in [0.05, 0.1) is 12.2 Å². The Hall–Kier alpha value is -3.09. The third-order valence-corrected chi connectivity index (χ3v) is 6.31. The van der Waals surface area contributed by atoms with Crippen LogP contribution in [0, 0.1) is 6.92 Å². The van der Waals surface area contributed by atoms with E-state index in [1.54, 1.807) is 17.4 Å². The van der Waals surface area contributed by atoms with Crippen LogP contribution in [0.1, 0.15) is 38.8 Å². The van der Waals surface area contributed by atoms with Gasteiger partial charge < -0.3 is 14.2 Å². The van der Waals surface area contributed by atoms with Crippen LogP contribution in [-0.4, -0.2) is 24.0 Å². The molecule has 0 saturated heterocycles. The summed E-state index contributed by atoms with van der Waals surface area (Å²) in [6.07, 6.45) is 1.78. The number of nitrogens with zero attached hydrogens (tertiary/aromatic N) is 1. The molecule has 0 N–H and O–H groups in total. The van der Waals surface area contributed by atoms with Crippen molar-refractivity contribution in [2.45, 2.75) is 26.9 Å². The second-order valence-corrected chi connectivity index (χ2v) is 8.68. The summed E-state index contributed by atoms with van der Waals surface area (Å²) in [6.45, 7) is 6.62. The number of hydrogen-bond donors (Lipinski definition) is 0. The number of ketones is 1. The zero-order valence-electron chi connectivity index (χ0n) is 17.5. The third kappa shape index (κ3) is 3.84. The Labute approximate surface area is 185 Å². The van der Waals surface area contributed by atoms with Gasteiger partial charge in [0.15, 0.2) is 5.76 Å². The Bertz CT molecular complexity index is 1150. The van der Waals surface area contributed by atoms with Crippen LogP contribution in [0.15, 0.2) is 53.6 Å². The predicted octanol–water partition coefficient (Wildman–Crippen LogP) is 5.42. The summed E-state index contributed by atoms with van der Waals surface area (Å²) < 4.78 is 17.6. The smallest absolute Gasteiger partial charge is 0.231 e. The first kappa shape index (κ1) is 19.8. The van der Waals surface area contributed by atoms with E-state index in [4.69, 9.17) is 14.2 Å². The van der Waals surface area contributed by atoms with Gasteiger partial charge in [0.2, 0.25) is 5.78 Å². The minimum Gasteiger partial charge on any atom is -0.494 e. The zero-order chi connectivity index (χ0) is 21.4. The lowest BCUT2D eigenvalue weighted by Crippen LogP contribution is -2.31. The Morgan fingerprint density at radius 3 is 2.77 bits per heavy atom. The number of allylic oxidation sites excluding steroid dienone is 1. The molecule has 3 aromatic rings. The van der Waals surface area contributed by atoms with Crippen LogP contribution in [0.4, 0.5) is 0 Å². The number of Topliss-reactive ketones (excluding diaryl/α,β-unsaturated/α-hetero) is 1. The maximum absolute atomic E-state index is 13.1. The molecule has 3 heterocycles. The average molecular weight is 434 g/mol.